The Bertz CT molecular complexity index is 442. The minimum absolute atomic E-state index is 0.166. The van der Waals surface area contributed by atoms with Crippen molar-refractivity contribution in [2.45, 2.75) is 44.2 Å². The monoisotopic (exact) mass is 243 g/mol. The summed E-state index contributed by atoms with van der Waals surface area (Å²) >= 11 is 0. The van der Waals surface area contributed by atoms with Crippen LogP contribution >= 0.6 is 0 Å². The van der Waals surface area contributed by atoms with Crippen molar-refractivity contribution in [3.63, 3.8) is 0 Å². The number of nitrogens with two attached hydrogens (primary N) is 1. The highest BCUT2D eigenvalue weighted by Gasteiger charge is 2.20. The van der Waals surface area contributed by atoms with Gasteiger partial charge in [-0.15, -0.1) is 0 Å². The van der Waals surface area contributed by atoms with Gasteiger partial charge in [0.05, 0.1) is 6.61 Å². The van der Waals surface area contributed by atoms with Crippen LogP contribution < -0.4 is 5.73 Å². The summed E-state index contributed by atoms with van der Waals surface area (Å²) in [5.41, 5.74) is 10.3. The molecule has 3 rings (SSSR count). The summed E-state index contributed by atoms with van der Waals surface area (Å²) in [6.07, 6.45) is 8.08. The van der Waals surface area contributed by atoms with E-state index in [-0.39, 0.29) is 6.10 Å². The van der Waals surface area contributed by atoms with E-state index < -0.39 is 0 Å². The van der Waals surface area contributed by atoms with Crippen molar-refractivity contribution in [2.24, 2.45) is 5.73 Å². The smallest absolute Gasteiger partial charge is 0.101 e. The first-order chi connectivity index (χ1) is 8.83. The van der Waals surface area contributed by atoms with E-state index in [9.17, 15) is 0 Å². The van der Waals surface area contributed by atoms with Crippen molar-refractivity contribution in [3.05, 3.63) is 47.0 Å². The van der Waals surface area contributed by atoms with Gasteiger partial charge >= 0.3 is 0 Å². The van der Waals surface area contributed by atoms with Crippen LogP contribution in [0.5, 0.6) is 0 Å². The zero-order valence-corrected chi connectivity index (χ0v) is 10.8. The first-order valence-electron chi connectivity index (χ1n) is 6.97. The van der Waals surface area contributed by atoms with Gasteiger partial charge in [0.2, 0.25) is 0 Å². The zero-order valence-electron chi connectivity index (χ0n) is 10.8. The van der Waals surface area contributed by atoms with Gasteiger partial charge in [0, 0.05) is 6.04 Å². The minimum Gasteiger partial charge on any atom is -0.369 e. The molecule has 2 heteroatoms. The molecular weight excluding hydrogens is 222 g/mol. The van der Waals surface area contributed by atoms with Crippen molar-refractivity contribution in [3.8, 4) is 0 Å². The maximum absolute atomic E-state index is 5.95. The molecule has 1 atom stereocenters. The molecule has 0 spiro atoms. The molecule has 1 aliphatic heterocycles. The van der Waals surface area contributed by atoms with Crippen molar-refractivity contribution >= 4 is 0 Å². The van der Waals surface area contributed by atoms with Crippen LogP contribution in [0.4, 0.5) is 0 Å². The fourth-order valence-electron chi connectivity index (χ4n) is 2.95. The van der Waals surface area contributed by atoms with Gasteiger partial charge in [-0.3, -0.25) is 0 Å². The highest BCUT2D eigenvalue weighted by Crippen LogP contribution is 2.32. The van der Waals surface area contributed by atoms with E-state index in [2.05, 4.69) is 30.3 Å². The lowest BCUT2D eigenvalue weighted by atomic mass is 9.88. The molecule has 2 N–H and O–H groups in total. The Kier molecular flexibility index (Phi) is 3.48. The molecule has 0 amide bonds. The van der Waals surface area contributed by atoms with Gasteiger partial charge in [-0.2, -0.15) is 0 Å². The van der Waals surface area contributed by atoms with E-state index in [1.54, 1.807) is 0 Å². The molecule has 96 valence electrons. The Hall–Kier alpha value is -1.12. The van der Waals surface area contributed by atoms with Crippen LogP contribution in [0.15, 0.2) is 35.9 Å². The van der Waals surface area contributed by atoms with Crippen LogP contribution in [0, 0.1) is 0 Å². The summed E-state index contributed by atoms with van der Waals surface area (Å²) in [4.78, 5) is 0. The summed E-state index contributed by atoms with van der Waals surface area (Å²) in [6.45, 7) is 0.838. The summed E-state index contributed by atoms with van der Waals surface area (Å²) in [5, 5.41) is 0. The van der Waals surface area contributed by atoms with Gasteiger partial charge in [-0.1, -0.05) is 35.9 Å². The molecule has 1 fully saturated rings. The summed E-state index contributed by atoms with van der Waals surface area (Å²) in [6, 6.07) is 9.05. The molecule has 0 saturated heterocycles. The molecule has 2 nitrogen and oxygen atoms in total. The first kappa shape index (κ1) is 11.9. The van der Waals surface area contributed by atoms with Crippen molar-refractivity contribution in [1.29, 1.82) is 0 Å². The molecule has 18 heavy (non-hydrogen) atoms. The molecule has 1 heterocycles. The summed E-state index contributed by atoms with van der Waals surface area (Å²) in [7, 11) is 0. The number of ether oxygens (including phenoxy) is 1. The van der Waals surface area contributed by atoms with Gasteiger partial charge < -0.3 is 10.5 Å². The van der Waals surface area contributed by atoms with Crippen LogP contribution in [0.2, 0.25) is 0 Å². The average Bonchev–Trinajstić information content (AvgIpc) is 2.42. The Labute approximate surface area is 109 Å². The van der Waals surface area contributed by atoms with E-state index in [1.807, 2.05) is 0 Å². The average molecular weight is 243 g/mol. The Morgan fingerprint density at radius 1 is 1.11 bits per heavy atom. The highest BCUT2D eigenvalue weighted by atomic mass is 16.5. The van der Waals surface area contributed by atoms with Crippen LogP contribution in [-0.4, -0.2) is 12.6 Å². The quantitative estimate of drug-likeness (QED) is 0.769. The Morgan fingerprint density at radius 3 is 2.72 bits per heavy atom. The fraction of sp³-hybridized carbons (Fsp3) is 0.500. The molecule has 1 aliphatic carbocycles. The van der Waals surface area contributed by atoms with Crippen LogP contribution in [0.25, 0.3) is 0 Å². The van der Waals surface area contributed by atoms with E-state index in [0.29, 0.717) is 6.04 Å². The lowest BCUT2D eigenvalue weighted by molar-refractivity contribution is 0.0740. The van der Waals surface area contributed by atoms with E-state index in [1.165, 1.54) is 16.7 Å². The molecule has 1 aromatic carbocycles. The molecule has 1 aromatic rings. The third-order valence-corrected chi connectivity index (χ3v) is 4.09. The number of hydrogen-bond acceptors (Lipinski definition) is 2. The SMILES string of the molecule is NC1CCC(=CC2OCCc3ccccc32)CC1. The van der Waals surface area contributed by atoms with Crippen LogP contribution in [0.1, 0.15) is 42.9 Å². The lowest BCUT2D eigenvalue weighted by Crippen LogP contribution is -2.23. The third kappa shape index (κ3) is 2.50. The first-order valence-corrected chi connectivity index (χ1v) is 6.97. The Balaban J connectivity index is 1.80. The molecule has 0 radical (unpaired) electrons. The Morgan fingerprint density at radius 2 is 1.89 bits per heavy atom. The van der Waals surface area contributed by atoms with Crippen LogP contribution in [-0.2, 0) is 11.2 Å². The normalized spacial score (nSPS) is 27.7. The van der Waals surface area contributed by atoms with Crippen LogP contribution in [0.3, 0.4) is 0 Å². The highest BCUT2D eigenvalue weighted by molar-refractivity contribution is 5.34. The van der Waals surface area contributed by atoms with Gasteiger partial charge in [0.15, 0.2) is 0 Å². The second-order valence-corrected chi connectivity index (χ2v) is 5.40. The second-order valence-electron chi connectivity index (χ2n) is 5.40. The number of hydrogen-bond donors (Lipinski definition) is 1. The predicted octanol–water partition coefficient (Wildman–Crippen LogP) is 3.13. The summed E-state index contributed by atoms with van der Waals surface area (Å²) < 4.78 is 5.93. The molecule has 2 aliphatic rings. The number of fused-ring (bicyclic) bond motifs is 1. The van der Waals surface area contributed by atoms with E-state index in [4.69, 9.17) is 10.5 Å². The molecular formula is C16H21NO. The zero-order chi connectivity index (χ0) is 12.4. The maximum atomic E-state index is 5.95. The van der Waals surface area contributed by atoms with Gasteiger partial charge in [-0.25, -0.2) is 0 Å². The van der Waals surface area contributed by atoms with E-state index in [0.717, 1.165) is 38.7 Å². The summed E-state index contributed by atoms with van der Waals surface area (Å²) in [5.74, 6) is 0. The van der Waals surface area contributed by atoms with E-state index >= 15 is 0 Å². The number of rotatable bonds is 1. The fourth-order valence-corrected chi connectivity index (χ4v) is 2.95. The maximum Gasteiger partial charge on any atom is 0.101 e. The number of allylic oxidation sites excluding steroid dienone is 1. The number of benzene rings is 1. The second kappa shape index (κ2) is 5.25. The minimum atomic E-state index is 0.166. The van der Waals surface area contributed by atoms with Gasteiger partial charge in [0.1, 0.15) is 6.10 Å². The van der Waals surface area contributed by atoms with Crippen molar-refractivity contribution in [1.82, 2.24) is 0 Å². The van der Waals surface area contributed by atoms with Gasteiger partial charge in [0.25, 0.3) is 0 Å². The molecule has 0 bridgehead atoms. The molecule has 0 aromatic heterocycles. The largest absolute Gasteiger partial charge is 0.369 e. The topological polar surface area (TPSA) is 35.2 Å². The lowest BCUT2D eigenvalue weighted by Gasteiger charge is -2.26. The predicted molar refractivity (Wildman–Crippen MR) is 73.4 cm³/mol. The third-order valence-electron chi connectivity index (χ3n) is 4.09. The molecule has 1 unspecified atom stereocenters. The van der Waals surface area contributed by atoms with Gasteiger partial charge in [-0.05, 0) is 43.2 Å². The molecule has 1 saturated carbocycles. The van der Waals surface area contributed by atoms with Crippen molar-refractivity contribution in [2.75, 3.05) is 6.61 Å². The standard InChI is InChI=1S/C16H21NO/c17-14-7-5-12(6-8-14)11-16-15-4-2-1-3-13(15)9-10-18-16/h1-4,11,14,16H,5-10,17H2. The van der Waals surface area contributed by atoms with Crippen molar-refractivity contribution < 1.29 is 4.74 Å².